The lowest BCUT2D eigenvalue weighted by Gasteiger charge is -2.34. The van der Waals surface area contributed by atoms with Gasteiger partial charge < -0.3 is 10.2 Å². The summed E-state index contributed by atoms with van der Waals surface area (Å²) in [5.74, 6) is 0.207. The van der Waals surface area contributed by atoms with E-state index in [1.807, 2.05) is 24.3 Å². The molecule has 0 spiro atoms. The molecule has 1 amide bonds. The number of rotatable bonds is 4. The molecule has 172 valence electrons. The molecule has 0 aliphatic carbocycles. The standard InChI is InChI=1S/C25H25F3N4O/c26-25(27,28)22-14-21(19-9-5-2-6-10-19)30-23-20(15-29-32(22)23)24(33)31-12-11-18(16-31)13-17-7-3-1-4-8-17/h1-10,15,18,21-22,30H,11-14,16H2/t18?,21-,22+/m1/s1. The maximum absolute atomic E-state index is 13.9. The number of nitrogens with one attached hydrogen (secondary N) is 1. The number of hydrogen-bond donors (Lipinski definition) is 1. The van der Waals surface area contributed by atoms with Gasteiger partial charge in [-0.15, -0.1) is 0 Å². The zero-order valence-corrected chi connectivity index (χ0v) is 18.0. The van der Waals surface area contributed by atoms with Crippen LogP contribution < -0.4 is 5.32 Å². The van der Waals surface area contributed by atoms with E-state index < -0.39 is 18.3 Å². The van der Waals surface area contributed by atoms with Crippen LogP contribution in [0.1, 0.15) is 46.4 Å². The van der Waals surface area contributed by atoms with Gasteiger partial charge in [0.2, 0.25) is 0 Å². The Kier molecular flexibility index (Phi) is 5.60. The molecule has 5 nitrogen and oxygen atoms in total. The van der Waals surface area contributed by atoms with Crippen LogP contribution >= 0.6 is 0 Å². The van der Waals surface area contributed by atoms with Gasteiger partial charge in [-0.2, -0.15) is 18.3 Å². The number of aromatic nitrogens is 2. The molecule has 2 aliphatic heterocycles. The van der Waals surface area contributed by atoms with Crippen molar-refractivity contribution in [1.29, 1.82) is 0 Å². The summed E-state index contributed by atoms with van der Waals surface area (Å²) in [6, 6.07) is 16.8. The third-order valence-corrected chi connectivity index (χ3v) is 6.61. The van der Waals surface area contributed by atoms with Crippen LogP contribution in [0.5, 0.6) is 0 Å². The lowest BCUT2D eigenvalue weighted by atomic mass is 9.96. The smallest absolute Gasteiger partial charge is 0.363 e. The van der Waals surface area contributed by atoms with Crippen molar-refractivity contribution in [2.24, 2.45) is 5.92 Å². The molecule has 1 N–H and O–H groups in total. The average molecular weight is 454 g/mol. The van der Waals surface area contributed by atoms with Gasteiger partial charge in [0, 0.05) is 19.5 Å². The van der Waals surface area contributed by atoms with Crippen LogP contribution in [0.4, 0.5) is 19.0 Å². The van der Waals surface area contributed by atoms with E-state index in [-0.39, 0.29) is 23.7 Å². The van der Waals surface area contributed by atoms with Gasteiger partial charge >= 0.3 is 6.18 Å². The van der Waals surface area contributed by atoms with E-state index in [1.165, 1.54) is 11.8 Å². The van der Waals surface area contributed by atoms with Crippen LogP contribution in [-0.4, -0.2) is 39.9 Å². The Labute approximate surface area is 190 Å². The molecular formula is C25H25F3N4O. The van der Waals surface area contributed by atoms with Crippen molar-refractivity contribution in [3.8, 4) is 0 Å². The largest absolute Gasteiger partial charge is 0.410 e. The lowest BCUT2D eigenvalue weighted by molar-refractivity contribution is -0.173. The van der Waals surface area contributed by atoms with E-state index in [1.54, 1.807) is 29.2 Å². The predicted molar refractivity (Wildman–Crippen MR) is 119 cm³/mol. The number of halogens is 3. The Morgan fingerprint density at radius 1 is 1.06 bits per heavy atom. The number of amides is 1. The van der Waals surface area contributed by atoms with Crippen molar-refractivity contribution in [2.45, 2.75) is 37.5 Å². The second-order valence-electron chi connectivity index (χ2n) is 8.85. The Morgan fingerprint density at radius 2 is 1.76 bits per heavy atom. The highest BCUT2D eigenvalue weighted by molar-refractivity contribution is 5.99. The Bertz CT molecular complexity index is 1110. The topological polar surface area (TPSA) is 50.2 Å². The number of nitrogens with zero attached hydrogens (tertiary/aromatic N) is 3. The molecule has 3 atom stereocenters. The van der Waals surface area contributed by atoms with Crippen LogP contribution in [-0.2, 0) is 6.42 Å². The first-order valence-corrected chi connectivity index (χ1v) is 11.2. The van der Waals surface area contributed by atoms with Gasteiger partial charge in [-0.3, -0.25) is 4.79 Å². The minimum absolute atomic E-state index is 0.147. The number of likely N-dealkylation sites (tertiary alicyclic amines) is 1. The number of hydrogen-bond acceptors (Lipinski definition) is 3. The van der Waals surface area contributed by atoms with Gasteiger partial charge in [0.25, 0.3) is 5.91 Å². The third kappa shape index (κ3) is 4.34. The molecule has 1 aromatic heterocycles. The first kappa shape index (κ1) is 21.6. The number of carbonyl (C=O) groups excluding carboxylic acids is 1. The van der Waals surface area contributed by atoms with E-state index in [0.717, 1.165) is 23.1 Å². The van der Waals surface area contributed by atoms with Gasteiger partial charge in [0.1, 0.15) is 11.4 Å². The second-order valence-corrected chi connectivity index (χ2v) is 8.85. The first-order valence-electron chi connectivity index (χ1n) is 11.2. The summed E-state index contributed by atoms with van der Waals surface area (Å²) in [4.78, 5) is 15.1. The molecule has 33 heavy (non-hydrogen) atoms. The van der Waals surface area contributed by atoms with Crippen LogP contribution in [0, 0.1) is 5.92 Å². The average Bonchev–Trinajstić information content (AvgIpc) is 3.46. The van der Waals surface area contributed by atoms with Gasteiger partial charge in [0.15, 0.2) is 6.04 Å². The van der Waals surface area contributed by atoms with E-state index in [9.17, 15) is 18.0 Å². The molecular weight excluding hydrogens is 429 g/mol. The molecule has 0 saturated carbocycles. The molecule has 0 bridgehead atoms. The number of fused-ring (bicyclic) bond motifs is 1. The van der Waals surface area contributed by atoms with Crippen molar-refractivity contribution < 1.29 is 18.0 Å². The highest BCUT2D eigenvalue weighted by Crippen LogP contribution is 2.44. The fourth-order valence-corrected chi connectivity index (χ4v) is 4.92. The highest BCUT2D eigenvalue weighted by atomic mass is 19.4. The monoisotopic (exact) mass is 454 g/mol. The van der Waals surface area contributed by atoms with Crippen molar-refractivity contribution in [2.75, 3.05) is 18.4 Å². The SMILES string of the molecule is O=C(c1cnn2c1N[C@@H](c1ccccc1)C[C@H]2C(F)(F)F)N1CCC(Cc2ccccc2)C1. The third-order valence-electron chi connectivity index (χ3n) is 6.61. The summed E-state index contributed by atoms with van der Waals surface area (Å²) in [5.41, 5.74) is 2.17. The predicted octanol–water partition coefficient (Wildman–Crippen LogP) is 5.25. The first-order chi connectivity index (χ1) is 15.9. The van der Waals surface area contributed by atoms with Crippen LogP contribution in [0.3, 0.4) is 0 Å². The van der Waals surface area contributed by atoms with Gasteiger partial charge in [-0.25, -0.2) is 4.68 Å². The summed E-state index contributed by atoms with van der Waals surface area (Å²) >= 11 is 0. The van der Waals surface area contributed by atoms with Crippen LogP contribution in [0.2, 0.25) is 0 Å². The van der Waals surface area contributed by atoms with Crippen molar-refractivity contribution >= 4 is 11.7 Å². The molecule has 2 aliphatic rings. The van der Waals surface area contributed by atoms with Gasteiger partial charge in [0.05, 0.1) is 12.2 Å². The molecule has 1 fully saturated rings. The lowest BCUT2D eigenvalue weighted by Crippen LogP contribution is -2.37. The summed E-state index contributed by atoms with van der Waals surface area (Å²) in [6.45, 7) is 1.18. The van der Waals surface area contributed by atoms with Gasteiger partial charge in [-0.05, 0) is 29.9 Å². The summed E-state index contributed by atoms with van der Waals surface area (Å²) in [7, 11) is 0. The minimum Gasteiger partial charge on any atom is -0.363 e. The Morgan fingerprint density at radius 3 is 2.45 bits per heavy atom. The molecule has 1 unspecified atom stereocenters. The van der Waals surface area contributed by atoms with Crippen molar-refractivity contribution in [3.63, 3.8) is 0 Å². The molecule has 1 saturated heterocycles. The van der Waals surface area contributed by atoms with Crippen LogP contribution in [0.15, 0.2) is 66.9 Å². The Hall–Kier alpha value is -3.29. The second kappa shape index (κ2) is 8.57. The summed E-state index contributed by atoms with van der Waals surface area (Å²) in [5, 5.41) is 7.17. The van der Waals surface area contributed by atoms with Crippen molar-refractivity contribution in [1.82, 2.24) is 14.7 Å². The molecule has 3 heterocycles. The Balaban J connectivity index is 1.38. The summed E-state index contributed by atoms with van der Waals surface area (Å²) in [6.07, 6.45) is -1.62. The molecule has 8 heteroatoms. The zero-order chi connectivity index (χ0) is 23.0. The highest BCUT2D eigenvalue weighted by Gasteiger charge is 2.47. The number of alkyl halides is 3. The summed E-state index contributed by atoms with van der Waals surface area (Å²) < 4.78 is 42.6. The quantitative estimate of drug-likeness (QED) is 0.586. The van der Waals surface area contributed by atoms with Crippen LogP contribution in [0.25, 0.3) is 0 Å². The van der Waals surface area contributed by atoms with E-state index in [0.29, 0.717) is 19.0 Å². The van der Waals surface area contributed by atoms with Crippen molar-refractivity contribution in [3.05, 3.63) is 83.6 Å². The maximum Gasteiger partial charge on any atom is 0.410 e. The minimum atomic E-state index is -4.47. The molecule has 2 aromatic carbocycles. The maximum atomic E-state index is 13.9. The van der Waals surface area contributed by atoms with E-state index in [2.05, 4.69) is 22.5 Å². The fourth-order valence-electron chi connectivity index (χ4n) is 4.92. The van der Waals surface area contributed by atoms with E-state index in [4.69, 9.17) is 0 Å². The number of carbonyl (C=O) groups is 1. The van der Waals surface area contributed by atoms with E-state index >= 15 is 0 Å². The zero-order valence-electron chi connectivity index (χ0n) is 18.0. The fraction of sp³-hybridized carbons (Fsp3) is 0.360. The number of anilines is 1. The number of benzene rings is 2. The normalized spacial score (nSPS) is 22.6. The molecule has 0 radical (unpaired) electrons. The molecule has 5 rings (SSSR count). The molecule has 3 aromatic rings. The van der Waals surface area contributed by atoms with Gasteiger partial charge in [-0.1, -0.05) is 60.7 Å².